The van der Waals surface area contributed by atoms with Crippen LogP contribution in [-0.2, 0) is 19.1 Å². The number of ketones is 1. The van der Waals surface area contributed by atoms with Crippen LogP contribution < -0.4 is 5.32 Å². The summed E-state index contributed by atoms with van der Waals surface area (Å²) in [5.74, 6) is -0.285. The summed E-state index contributed by atoms with van der Waals surface area (Å²) in [6.07, 6.45) is 0.159. The first-order valence-corrected chi connectivity index (χ1v) is 5.92. The van der Waals surface area contributed by atoms with Crippen LogP contribution in [-0.4, -0.2) is 44.2 Å². The molecule has 0 aliphatic rings. The third-order valence-electron chi connectivity index (χ3n) is 2.00. The Bertz CT molecular complexity index is 239. The van der Waals surface area contributed by atoms with E-state index >= 15 is 0 Å². The summed E-state index contributed by atoms with van der Waals surface area (Å²) in [4.78, 5) is 22.4. The second-order valence-corrected chi connectivity index (χ2v) is 4.38. The summed E-state index contributed by atoms with van der Waals surface area (Å²) < 4.78 is 10.3. The highest BCUT2D eigenvalue weighted by Gasteiger charge is 2.08. The van der Waals surface area contributed by atoms with Crippen molar-refractivity contribution in [1.29, 1.82) is 0 Å². The SMILES string of the molecule is CC(C)OCCNC(=O)COCC(=O)C(C)C. The predicted octanol–water partition coefficient (Wildman–Crippen LogP) is 0.769. The van der Waals surface area contributed by atoms with Crippen molar-refractivity contribution in [3.63, 3.8) is 0 Å². The minimum absolute atomic E-state index is 0.000871. The lowest BCUT2D eigenvalue weighted by molar-refractivity contribution is -0.131. The minimum Gasteiger partial charge on any atom is -0.377 e. The van der Waals surface area contributed by atoms with Gasteiger partial charge in [-0.3, -0.25) is 9.59 Å². The van der Waals surface area contributed by atoms with Crippen LogP contribution in [0.1, 0.15) is 27.7 Å². The highest BCUT2D eigenvalue weighted by atomic mass is 16.5. The van der Waals surface area contributed by atoms with Gasteiger partial charge >= 0.3 is 0 Å². The van der Waals surface area contributed by atoms with E-state index in [1.807, 2.05) is 13.8 Å². The maximum absolute atomic E-state index is 11.2. The number of hydrogen-bond donors (Lipinski definition) is 1. The van der Waals surface area contributed by atoms with E-state index in [-0.39, 0.29) is 36.9 Å². The summed E-state index contributed by atoms with van der Waals surface area (Å²) in [5.41, 5.74) is 0. The Morgan fingerprint density at radius 1 is 1.12 bits per heavy atom. The molecule has 1 N–H and O–H groups in total. The Morgan fingerprint density at radius 2 is 1.76 bits per heavy atom. The van der Waals surface area contributed by atoms with Crippen LogP contribution in [0, 0.1) is 5.92 Å². The van der Waals surface area contributed by atoms with E-state index in [1.165, 1.54) is 0 Å². The number of amides is 1. The van der Waals surface area contributed by atoms with Gasteiger partial charge in [-0.25, -0.2) is 0 Å². The quantitative estimate of drug-likeness (QED) is 0.609. The predicted molar refractivity (Wildman–Crippen MR) is 64.8 cm³/mol. The Labute approximate surface area is 103 Å². The summed E-state index contributed by atoms with van der Waals surface area (Å²) >= 11 is 0. The molecule has 5 heteroatoms. The highest BCUT2D eigenvalue weighted by Crippen LogP contribution is 1.94. The average molecular weight is 245 g/mol. The molecular formula is C12H23NO4. The summed E-state index contributed by atoms with van der Waals surface area (Å²) in [6, 6.07) is 0. The Balaban J connectivity index is 3.44. The first kappa shape index (κ1) is 16.1. The van der Waals surface area contributed by atoms with E-state index < -0.39 is 0 Å². The molecule has 0 spiro atoms. The molecule has 1 amide bonds. The average Bonchev–Trinajstić information content (AvgIpc) is 2.23. The van der Waals surface area contributed by atoms with Crippen molar-refractivity contribution in [3.8, 4) is 0 Å². The number of rotatable bonds is 9. The number of ether oxygens (including phenoxy) is 2. The van der Waals surface area contributed by atoms with E-state index in [4.69, 9.17) is 9.47 Å². The smallest absolute Gasteiger partial charge is 0.246 e. The van der Waals surface area contributed by atoms with Gasteiger partial charge in [-0.2, -0.15) is 0 Å². The van der Waals surface area contributed by atoms with Gasteiger partial charge in [-0.15, -0.1) is 0 Å². The van der Waals surface area contributed by atoms with Gasteiger partial charge in [-0.1, -0.05) is 13.8 Å². The van der Waals surface area contributed by atoms with E-state index in [0.717, 1.165) is 0 Å². The van der Waals surface area contributed by atoms with Crippen LogP contribution in [0.25, 0.3) is 0 Å². The van der Waals surface area contributed by atoms with Crippen molar-refractivity contribution >= 4 is 11.7 Å². The van der Waals surface area contributed by atoms with E-state index in [1.54, 1.807) is 13.8 Å². The van der Waals surface area contributed by atoms with Crippen molar-refractivity contribution in [1.82, 2.24) is 5.32 Å². The first-order valence-electron chi connectivity index (χ1n) is 5.92. The molecule has 0 rings (SSSR count). The molecule has 100 valence electrons. The van der Waals surface area contributed by atoms with Gasteiger partial charge in [0.25, 0.3) is 0 Å². The van der Waals surface area contributed by atoms with Gasteiger partial charge in [0.05, 0.1) is 12.7 Å². The van der Waals surface area contributed by atoms with Gasteiger partial charge in [0.1, 0.15) is 13.2 Å². The zero-order valence-corrected chi connectivity index (χ0v) is 11.1. The third kappa shape index (κ3) is 9.96. The van der Waals surface area contributed by atoms with E-state index in [0.29, 0.717) is 13.2 Å². The van der Waals surface area contributed by atoms with E-state index in [9.17, 15) is 9.59 Å². The topological polar surface area (TPSA) is 64.6 Å². The van der Waals surface area contributed by atoms with Crippen LogP contribution >= 0.6 is 0 Å². The van der Waals surface area contributed by atoms with Crippen molar-refractivity contribution < 1.29 is 19.1 Å². The van der Waals surface area contributed by atoms with Crippen molar-refractivity contribution in [3.05, 3.63) is 0 Å². The highest BCUT2D eigenvalue weighted by molar-refractivity contribution is 5.82. The van der Waals surface area contributed by atoms with Crippen molar-refractivity contribution in [2.45, 2.75) is 33.8 Å². The van der Waals surface area contributed by atoms with Crippen LogP contribution in [0.15, 0.2) is 0 Å². The normalized spacial score (nSPS) is 10.9. The standard InChI is InChI=1S/C12H23NO4/c1-9(2)11(14)7-16-8-12(15)13-5-6-17-10(3)4/h9-10H,5-8H2,1-4H3,(H,13,15). The first-order chi connectivity index (χ1) is 7.93. The molecule has 0 aromatic rings. The molecule has 0 unspecified atom stereocenters. The fraction of sp³-hybridized carbons (Fsp3) is 0.833. The summed E-state index contributed by atoms with van der Waals surface area (Å²) in [7, 11) is 0. The largest absolute Gasteiger partial charge is 0.377 e. The third-order valence-corrected chi connectivity index (χ3v) is 2.00. The molecule has 0 saturated heterocycles. The number of Topliss-reactive ketones (excluding diaryl/α,β-unsaturated/α-hetero) is 1. The molecule has 0 aromatic carbocycles. The second-order valence-electron chi connectivity index (χ2n) is 4.38. The number of carbonyl (C=O) groups excluding carboxylic acids is 2. The lowest BCUT2D eigenvalue weighted by atomic mass is 10.1. The van der Waals surface area contributed by atoms with Crippen LogP contribution in [0.3, 0.4) is 0 Å². The van der Waals surface area contributed by atoms with Gasteiger partial charge in [-0.05, 0) is 13.8 Å². The van der Waals surface area contributed by atoms with Gasteiger partial charge in [0, 0.05) is 12.5 Å². The summed E-state index contributed by atoms with van der Waals surface area (Å²) in [5, 5.41) is 2.64. The molecule has 0 fully saturated rings. The lowest BCUT2D eigenvalue weighted by Crippen LogP contribution is -2.32. The minimum atomic E-state index is -0.228. The molecule has 0 aliphatic heterocycles. The van der Waals surface area contributed by atoms with Gasteiger partial charge < -0.3 is 14.8 Å². The monoisotopic (exact) mass is 245 g/mol. The Kier molecular flexibility index (Phi) is 8.62. The maximum Gasteiger partial charge on any atom is 0.246 e. The van der Waals surface area contributed by atoms with Crippen LogP contribution in [0.2, 0.25) is 0 Å². The molecule has 17 heavy (non-hydrogen) atoms. The fourth-order valence-electron chi connectivity index (χ4n) is 0.947. The van der Waals surface area contributed by atoms with Crippen molar-refractivity contribution in [2.24, 2.45) is 5.92 Å². The molecule has 0 aliphatic carbocycles. The molecule has 5 nitrogen and oxygen atoms in total. The molecule has 0 saturated carbocycles. The number of nitrogens with one attached hydrogen (secondary N) is 1. The van der Waals surface area contributed by atoms with Gasteiger partial charge in [0.2, 0.25) is 5.91 Å². The molecule has 0 aromatic heterocycles. The van der Waals surface area contributed by atoms with Crippen molar-refractivity contribution in [2.75, 3.05) is 26.4 Å². The fourth-order valence-corrected chi connectivity index (χ4v) is 0.947. The zero-order chi connectivity index (χ0) is 13.3. The lowest BCUT2D eigenvalue weighted by Gasteiger charge is -2.09. The zero-order valence-electron chi connectivity index (χ0n) is 11.1. The van der Waals surface area contributed by atoms with Gasteiger partial charge in [0.15, 0.2) is 5.78 Å². The molecule has 0 bridgehead atoms. The van der Waals surface area contributed by atoms with Crippen LogP contribution in [0.5, 0.6) is 0 Å². The summed E-state index contributed by atoms with van der Waals surface area (Å²) in [6.45, 7) is 8.31. The second kappa shape index (κ2) is 9.13. The Hall–Kier alpha value is -0.940. The van der Waals surface area contributed by atoms with Crippen LogP contribution in [0.4, 0.5) is 0 Å². The molecule has 0 heterocycles. The molecule has 0 radical (unpaired) electrons. The number of carbonyl (C=O) groups is 2. The van der Waals surface area contributed by atoms with E-state index in [2.05, 4.69) is 5.32 Å². The molecule has 0 atom stereocenters. The molecular weight excluding hydrogens is 222 g/mol. The number of hydrogen-bond acceptors (Lipinski definition) is 4. The Morgan fingerprint density at radius 3 is 2.29 bits per heavy atom. The maximum atomic E-state index is 11.2.